The zero-order valence-corrected chi connectivity index (χ0v) is 23.7. The highest BCUT2D eigenvalue weighted by atomic mass is 35.5. The van der Waals surface area contributed by atoms with Gasteiger partial charge >= 0.3 is 5.97 Å². The third-order valence-electron chi connectivity index (χ3n) is 5.72. The minimum atomic E-state index is -1.00. The molecule has 1 aromatic heterocycles. The summed E-state index contributed by atoms with van der Waals surface area (Å²) in [7, 11) is 0. The van der Waals surface area contributed by atoms with E-state index in [4.69, 9.17) is 28.3 Å². The maximum atomic E-state index is 12.7. The smallest absolute Gasteiger partial charge is 0.328 e. The Bertz CT molecular complexity index is 1550. The molecule has 4 rings (SSSR count). The highest BCUT2D eigenvalue weighted by Crippen LogP contribution is 2.31. The number of rotatable bonds is 8. The Morgan fingerprint density at radius 1 is 1.00 bits per heavy atom. The van der Waals surface area contributed by atoms with Gasteiger partial charge in [-0.3, -0.25) is 4.79 Å². The largest absolute Gasteiger partial charge is 0.478 e. The lowest BCUT2D eigenvalue weighted by molar-refractivity contribution is -0.131. The summed E-state index contributed by atoms with van der Waals surface area (Å²) in [6.45, 7) is 6.32. The molecule has 11 heteroatoms. The first kappa shape index (κ1) is 28.4. The van der Waals surface area contributed by atoms with Crippen LogP contribution in [-0.4, -0.2) is 42.9 Å². The summed E-state index contributed by atoms with van der Waals surface area (Å²) in [6, 6.07) is 18.5. The molecule has 8 nitrogen and oxygen atoms in total. The molecule has 0 spiro atoms. The number of nitrogens with zero attached hydrogens (tertiary/aromatic N) is 4. The van der Waals surface area contributed by atoms with Crippen LogP contribution in [0, 0.1) is 0 Å². The summed E-state index contributed by atoms with van der Waals surface area (Å²) >= 11 is 14.2. The number of nitrogens with one attached hydrogen (secondary N) is 1. The van der Waals surface area contributed by atoms with Crippen molar-refractivity contribution in [3.63, 3.8) is 0 Å². The molecule has 0 unspecified atom stereocenters. The van der Waals surface area contributed by atoms with E-state index in [-0.39, 0.29) is 17.1 Å². The van der Waals surface area contributed by atoms with Gasteiger partial charge in [0.25, 0.3) is 0 Å². The molecule has 4 aromatic rings. The van der Waals surface area contributed by atoms with Crippen molar-refractivity contribution in [1.29, 1.82) is 0 Å². The van der Waals surface area contributed by atoms with Crippen LogP contribution >= 0.6 is 35.0 Å². The Kier molecular flexibility index (Phi) is 8.74. The lowest BCUT2D eigenvalue weighted by atomic mass is 9.87. The van der Waals surface area contributed by atoms with Crippen molar-refractivity contribution in [3.8, 4) is 16.8 Å². The zero-order chi connectivity index (χ0) is 28.2. The van der Waals surface area contributed by atoms with Crippen molar-refractivity contribution >= 4 is 58.6 Å². The van der Waals surface area contributed by atoms with Crippen LogP contribution in [0.25, 0.3) is 22.9 Å². The van der Waals surface area contributed by atoms with Crippen LogP contribution in [0.3, 0.4) is 0 Å². The van der Waals surface area contributed by atoms with Crippen molar-refractivity contribution in [2.75, 3.05) is 11.1 Å². The molecule has 0 saturated heterocycles. The first-order valence-electron chi connectivity index (χ1n) is 11.8. The summed E-state index contributed by atoms with van der Waals surface area (Å²) in [5, 5.41) is 24.7. The molecule has 39 heavy (non-hydrogen) atoms. The van der Waals surface area contributed by atoms with Crippen LogP contribution in [0.15, 0.2) is 71.9 Å². The van der Waals surface area contributed by atoms with Gasteiger partial charge in [-0.05, 0) is 68.4 Å². The quantitative estimate of drug-likeness (QED) is 0.174. The molecule has 0 bridgehead atoms. The number of halogens is 2. The van der Waals surface area contributed by atoms with E-state index in [1.165, 1.54) is 22.5 Å². The maximum Gasteiger partial charge on any atom is 0.328 e. The fourth-order valence-corrected chi connectivity index (χ4v) is 4.80. The van der Waals surface area contributed by atoms with Gasteiger partial charge in [0.05, 0.1) is 27.2 Å². The van der Waals surface area contributed by atoms with Crippen molar-refractivity contribution < 1.29 is 14.7 Å². The molecule has 0 atom stereocenters. The van der Waals surface area contributed by atoms with Crippen LogP contribution in [0.1, 0.15) is 31.9 Å². The minimum Gasteiger partial charge on any atom is -0.478 e. The summed E-state index contributed by atoms with van der Waals surface area (Å²) in [4.78, 5) is 23.4. The van der Waals surface area contributed by atoms with Gasteiger partial charge in [-0.15, -0.1) is 5.10 Å². The topological polar surface area (TPSA) is 110 Å². The normalized spacial score (nSPS) is 11.6. The predicted octanol–water partition coefficient (Wildman–Crippen LogP) is 6.76. The third kappa shape index (κ3) is 7.26. The van der Waals surface area contributed by atoms with Gasteiger partial charge in [-0.25, -0.2) is 4.79 Å². The van der Waals surface area contributed by atoms with Crippen molar-refractivity contribution in [2.45, 2.75) is 31.3 Å². The van der Waals surface area contributed by atoms with Crippen molar-refractivity contribution in [2.24, 2.45) is 0 Å². The summed E-state index contributed by atoms with van der Waals surface area (Å²) < 4.78 is 1.51. The van der Waals surface area contributed by atoms with E-state index >= 15 is 0 Å². The lowest BCUT2D eigenvalue weighted by Gasteiger charge is -2.20. The number of hydrogen-bond donors (Lipinski definition) is 2. The predicted molar refractivity (Wildman–Crippen MR) is 156 cm³/mol. The van der Waals surface area contributed by atoms with Gasteiger partial charge in [0, 0.05) is 6.08 Å². The van der Waals surface area contributed by atoms with Crippen molar-refractivity contribution in [1.82, 2.24) is 20.2 Å². The minimum absolute atomic E-state index is 0.0521. The van der Waals surface area contributed by atoms with Gasteiger partial charge in [-0.2, -0.15) is 4.68 Å². The van der Waals surface area contributed by atoms with Crippen LogP contribution < -0.4 is 5.32 Å². The lowest BCUT2D eigenvalue weighted by Crippen LogP contribution is -2.15. The Morgan fingerprint density at radius 3 is 2.36 bits per heavy atom. The zero-order valence-electron chi connectivity index (χ0n) is 21.4. The SMILES string of the molecule is CC(C)(C)c1ccc(-n2nnnc2SCC(=O)Nc2ccc(-c3ccc(/C=C/C(=O)O)cc3)cc2Cl)c(Cl)c1. The highest BCUT2D eigenvalue weighted by Gasteiger charge is 2.18. The van der Waals surface area contributed by atoms with Crippen LogP contribution in [0.4, 0.5) is 5.69 Å². The van der Waals surface area contributed by atoms with Crippen LogP contribution in [-0.2, 0) is 15.0 Å². The number of aromatic nitrogens is 4. The van der Waals surface area contributed by atoms with E-state index in [9.17, 15) is 9.59 Å². The number of carboxylic acids is 1. The molecule has 2 N–H and O–H groups in total. The van der Waals surface area contributed by atoms with E-state index in [0.29, 0.717) is 26.6 Å². The molecule has 1 amide bonds. The molecular weight excluding hydrogens is 557 g/mol. The monoisotopic (exact) mass is 581 g/mol. The van der Waals surface area contributed by atoms with Crippen LogP contribution in [0.2, 0.25) is 10.0 Å². The number of carbonyl (C=O) groups is 2. The Hall–Kier alpha value is -3.66. The summed E-state index contributed by atoms with van der Waals surface area (Å²) in [6.07, 6.45) is 2.60. The van der Waals surface area contributed by atoms with Gasteiger partial charge < -0.3 is 10.4 Å². The number of hydrogen-bond acceptors (Lipinski definition) is 6. The Morgan fingerprint density at radius 2 is 1.72 bits per heavy atom. The molecule has 0 aliphatic rings. The number of thioether (sulfide) groups is 1. The Balaban J connectivity index is 1.40. The molecule has 200 valence electrons. The van der Waals surface area contributed by atoms with E-state index in [1.54, 1.807) is 12.1 Å². The molecule has 3 aromatic carbocycles. The van der Waals surface area contributed by atoms with E-state index in [0.717, 1.165) is 28.3 Å². The molecular formula is C28H25Cl2N5O3S. The highest BCUT2D eigenvalue weighted by molar-refractivity contribution is 7.99. The molecule has 0 fully saturated rings. The summed E-state index contributed by atoms with van der Waals surface area (Å²) in [5.74, 6) is -1.22. The number of aliphatic carboxylic acids is 1. The standard InChI is InChI=1S/C28H25Cl2N5O3S/c1-28(2,3)20-10-12-24(22(30)15-20)35-27(32-33-34-35)39-16-25(36)31-23-11-9-19(14-21(23)29)18-7-4-17(5-8-18)6-13-26(37)38/h4-15H,16H2,1-3H3,(H,31,36)(H,37,38)/b13-6+. The average Bonchev–Trinajstić information content (AvgIpc) is 3.35. The average molecular weight is 583 g/mol. The Labute approximate surface area is 240 Å². The molecule has 0 aliphatic heterocycles. The number of tetrazole rings is 1. The number of carboxylic acid groups (broad SMARTS) is 1. The fraction of sp³-hybridized carbons (Fsp3) is 0.179. The molecule has 0 aliphatic carbocycles. The second-order valence-electron chi connectivity index (χ2n) is 9.61. The van der Waals surface area contributed by atoms with Gasteiger partial charge in [-0.1, -0.05) is 92.1 Å². The molecule has 0 radical (unpaired) electrons. The molecule has 1 heterocycles. The van der Waals surface area contributed by atoms with E-state index < -0.39 is 5.97 Å². The van der Waals surface area contributed by atoms with Crippen LogP contribution in [0.5, 0.6) is 0 Å². The second-order valence-corrected chi connectivity index (χ2v) is 11.4. The fourth-order valence-electron chi connectivity index (χ4n) is 3.63. The number of anilines is 1. The van der Waals surface area contributed by atoms with Gasteiger partial charge in [0.2, 0.25) is 11.1 Å². The van der Waals surface area contributed by atoms with Gasteiger partial charge in [0.1, 0.15) is 0 Å². The molecule has 0 saturated carbocycles. The third-order valence-corrected chi connectivity index (χ3v) is 7.26. The summed E-state index contributed by atoms with van der Waals surface area (Å²) in [5.41, 5.74) is 4.67. The second kappa shape index (κ2) is 12.0. The van der Waals surface area contributed by atoms with Crippen molar-refractivity contribution in [3.05, 3.63) is 87.9 Å². The van der Waals surface area contributed by atoms with Gasteiger partial charge in [0.15, 0.2) is 0 Å². The first-order valence-corrected chi connectivity index (χ1v) is 13.6. The number of benzene rings is 3. The first-order chi connectivity index (χ1) is 18.5. The maximum absolute atomic E-state index is 12.7. The van der Waals surface area contributed by atoms with E-state index in [2.05, 4.69) is 41.6 Å². The van der Waals surface area contributed by atoms with E-state index in [1.807, 2.05) is 48.5 Å². The number of amides is 1. The number of carbonyl (C=O) groups excluding carboxylic acids is 1.